The lowest BCUT2D eigenvalue weighted by Crippen LogP contribution is -2.19. The van der Waals surface area contributed by atoms with Crippen molar-refractivity contribution in [2.24, 2.45) is 17.8 Å². The van der Waals surface area contributed by atoms with Crippen LogP contribution < -0.4 is 0 Å². The highest BCUT2D eigenvalue weighted by molar-refractivity contribution is 6.58. The summed E-state index contributed by atoms with van der Waals surface area (Å²) in [4.78, 5) is 0. The van der Waals surface area contributed by atoms with Crippen LogP contribution in [0.5, 0.6) is 0 Å². The Morgan fingerprint density at radius 3 is 1.00 bits per heavy atom. The van der Waals surface area contributed by atoms with Crippen LogP contribution in [0.3, 0.4) is 0 Å². The second kappa shape index (κ2) is 6.91. The Kier molecular flexibility index (Phi) is 7.19. The SMILES string of the molecule is CC(C)[CH2][24Al]([CH2]C(C)C)[CH2]C(C)C. The molecule has 0 N–H and O–H groups in total. The number of hydrogen-bond acceptors (Lipinski definition) is 0. The molecule has 0 radical (unpaired) electrons. The van der Waals surface area contributed by atoms with Crippen LogP contribution in [0.25, 0.3) is 0 Å². The van der Waals surface area contributed by atoms with Crippen molar-refractivity contribution in [3.05, 3.63) is 0 Å². The van der Waals surface area contributed by atoms with Gasteiger partial charge in [-0.25, -0.2) is 0 Å². The first kappa shape index (κ1) is 13.5. The van der Waals surface area contributed by atoms with Crippen LogP contribution in [-0.4, -0.2) is 14.1 Å². The molecule has 1 heteroatoms. The van der Waals surface area contributed by atoms with Crippen LogP contribution in [0.15, 0.2) is 0 Å². The van der Waals surface area contributed by atoms with Crippen LogP contribution in [0, 0.1) is 17.8 Å². The molecule has 0 unspecified atom stereocenters. The minimum absolute atomic E-state index is 0.407. The first-order chi connectivity index (χ1) is 5.91. The Labute approximate surface area is 89.5 Å². The summed E-state index contributed by atoms with van der Waals surface area (Å²) >= 11 is -0.407. The van der Waals surface area contributed by atoms with E-state index >= 15 is 0 Å². The maximum atomic E-state index is 2.38. The van der Waals surface area contributed by atoms with Crippen molar-refractivity contribution in [1.82, 2.24) is 0 Å². The quantitative estimate of drug-likeness (QED) is 0.549. The maximum Gasteiger partial charge on any atom is 0.262 e. The number of hydrogen-bond donors (Lipinski definition) is 0. The lowest BCUT2D eigenvalue weighted by atomic mass is 10.2. The highest BCUT2D eigenvalue weighted by atomic mass is 24.2. The molecule has 0 rings (SSSR count). The van der Waals surface area contributed by atoms with Crippen LogP contribution in [0.1, 0.15) is 41.5 Å². The summed E-state index contributed by atoms with van der Waals surface area (Å²) in [7, 11) is 0. The first-order valence-corrected chi connectivity index (χ1v) is 8.36. The van der Waals surface area contributed by atoms with E-state index in [0.29, 0.717) is 0 Å². The predicted molar refractivity (Wildman–Crippen MR) is 64.7 cm³/mol. The minimum Gasteiger partial charge on any atom is -0.0915 e. The zero-order chi connectivity index (χ0) is 10.4. The molecule has 0 aromatic carbocycles. The van der Waals surface area contributed by atoms with E-state index in [2.05, 4.69) is 41.5 Å². The first-order valence-electron chi connectivity index (χ1n) is 5.91. The van der Waals surface area contributed by atoms with Crippen LogP contribution >= 0.6 is 0 Å². The Balaban J connectivity index is 3.87. The van der Waals surface area contributed by atoms with Gasteiger partial charge in [-0.05, 0) is 0 Å². The average Bonchev–Trinajstić information content (AvgIpc) is 1.80. The summed E-state index contributed by atoms with van der Waals surface area (Å²) < 4.78 is 0. The molecule has 0 saturated heterocycles. The third kappa shape index (κ3) is 8.85. The fraction of sp³-hybridized carbons (Fsp3) is 1.00. The maximum absolute atomic E-state index is 2.38. The van der Waals surface area contributed by atoms with Crippen molar-refractivity contribution in [3.8, 4) is 0 Å². The van der Waals surface area contributed by atoms with E-state index in [4.69, 9.17) is 0 Å². The average molecular weight is 195 g/mol. The fourth-order valence-corrected chi connectivity index (χ4v) is 6.87. The van der Waals surface area contributed by atoms with E-state index in [9.17, 15) is 0 Å². The zero-order valence-corrected chi connectivity index (χ0v) is 11.6. The van der Waals surface area contributed by atoms with Gasteiger partial charge in [0.25, 0.3) is 14.1 Å². The molecule has 0 spiro atoms. The van der Waals surface area contributed by atoms with Crippen molar-refractivity contribution < 1.29 is 0 Å². The third-order valence-corrected chi connectivity index (χ3v) is 7.24. The Morgan fingerprint density at radius 2 is 0.846 bits per heavy atom. The lowest BCUT2D eigenvalue weighted by molar-refractivity contribution is 0.659. The smallest absolute Gasteiger partial charge is 0.0915 e. The molecule has 0 aliphatic rings. The van der Waals surface area contributed by atoms with Gasteiger partial charge in [0, 0.05) is 0 Å². The van der Waals surface area contributed by atoms with E-state index in [-0.39, 0.29) is 0 Å². The molecule has 0 aromatic rings. The van der Waals surface area contributed by atoms with Gasteiger partial charge in [0.15, 0.2) is 0 Å². The normalized spacial score (nSPS) is 11.8. The Hall–Kier alpha value is 0.532. The highest BCUT2D eigenvalue weighted by Crippen LogP contribution is 2.20. The summed E-state index contributed by atoms with van der Waals surface area (Å²) in [5.74, 6) is 2.78. The molecule has 13 heavy (non-hydrogen) atoms. The van der Waals surface area contributed by atoms with Crippen LogP contribution in [0.4, 0.5) is 0 Å². The topological polar surface area (TPSA) is 0 Å². The van der Waals surface area contributed by atoms with Gasteiger partial charge in [-0.3, -0.25) is 0 Å². The van der Waals surface area contributed by atoms with Crippen molar-refractivity contribution in [1.29, 1.82) is 0 Å². The van der Waals surface area contributed by atoms with Gasteiger partial charge in [0.2, 0.25) is 0 Å². The van der Waals surface area contributed by atoms with Crippen molar-refractivity contribution in [2.45, 2.75) is 57.4 Å². The molecule has 0 bridgehead atoms. The van der Waals surface area contributed by atoms with Gasteiger partial charge < -0.3 is 0 Å². The monoisotopic (exact) mass is 195 g/mol. The molecule has 0 heterocycles. The molecular weight excluding hydrogens is 168 g/mol. The standard InChI is InChI=1S/3C4H9.Al/c3*1-4(2)3;/h3*4H,1H2,2-3H3;/i;;;1-3. The summed E-state index contributed by atoms with van der Waals surface area (Å²) in [6, 6.07) is 0. The van der Waals surface area contributed by atoms with E-state index < -0.39 is 14.1 Å². The van der Waals surface area contributed by atoms with E-state index in [1.54, 1.807) is 15.8 Å². The molecule has 0 atom stereocenters. The van der Waals surface area contributed by atoms with Gasteiger partial charge in [-0.1, -0.05) is 75.1 Å². The van der Waals surface area contributed by atoms with Crippen LogP contribution in [0.2, 0.25) is 15.8 Å². The van der Waals surface area contributed by atoms with E-state index in [0.717, 1.165) is 17.8 Å². The molecule has 0 fully saturated rings. The second-order valence-electron chi connectivity index (χ2n) is 5.75. The summed E-state index contributed by atoms with van der Waals surface area (Å²) in [6.07, 6.45) is 0. The van der Waals surface area contributed by atoms with Gasteiger partial charge in [0.05, 0.1) is 0 Å². The zero-order valence-electron chi connectivity index (χ0n) is 10.4. The second-order valence-corrected chi connectivity index (χ2v) is 8.90. The summed E-state index contributed by atoms with van der Waals surface area (Å²) in [6.45, 7) is 14.3. The Bertz CT molecular complexity index is 92.5. The van der Waals surface area contributed by atoms with Gasteiger partial charge in [0.1, 0.15) is 0 Å². The molecule has 0 nitrogen and oxygen atoms in total. The summed E-state index contributed by atoms with van der Waals surface area (Å²) in [5, 5.41) is 4.66. The largest absolute Gasteiger partial charge is 0.262 e. The fourth-order valence-electron chi connectivity index (χ4n) is 2.29. The number of rotatable bonds is 6. The van der Waals surface area contributed by atoms with Crippen molar-refractivity contribution in [3.63, 3.8) is 0 Å². The molecule has 0 amide bonds. The minimum atomic E-state index is -0.407. The predicted octanol–water partition coefficient (Wildman–Crippen LogP) is 4.45. The third-order valence-electron chi connectivity index (χ3n) is 2.41. The highest BCUT2D eigenvalue weighted by Gasteiger charge is 2.20. The van der Waals surface area contributed by atoms with Crippen LogP contribution in [-0.2, 0) is 0 Å². The van der Waals surface area contributed by atoms with Gasteiger partial charge in [-0.2, -0.15) is 0 Å². The van der Waals surface area contributed by atoms with Gasteiger partial charge >= 0.3 is 0 Å². The van der Waals surface area contributed by atoms with E-state index in [1.165, 1.54) is 0 Å². The molecule has 0 aliphatic heterocycles. The molecule has 0 aromatic heterocycles. The van der Waals surface area contributed by atoms with Gasteiger partial charge in [-0.15, -0.1) is 0 Å². The Morgan fingerprint density at radius 1 is 0.615 bits per heavy atom. The van der Waals surface area contributed by atoms with E-state index in [1.807, 2.05) is 0 Å². The van der Waals surface area contributed by atoms with Crippen molar-refractivity contribution >= 4 is 14.1 Å². The molecule has 78 valence electrons. The van der Waals surface area contributed by atoms with Crippen molar-refractivity contribution in [2.75, 3.05) is 0 Å². The lowest BCUT2D eigenvalue weighted by Gasteiger charge is -2.17. The molecule has 0 saturated carbocycles. The molecular formula is C12H27Al. The molecule has 0 aliphatic carbocycles. The summed E-state index contributed by atoms with van der Waals surface area (Å²) in [5.41, 5.74) is 0.